The maximum absolute atomic E-state index is 12.4. The second-order valence-corrected chi connectivity index (χ2v) is 17.9. The summed E-state index contributed by atoms with van der Waals surface area (Å²) in [7, 11) is 0. The van der Waals surface area contributed by atoms with Gasteiger partial charge in [0.15, 0.2) is 0 Å². The van der Waals surface area contributed by atoms with Crippen molar-refractivity contribution < 1.29 is 15.0 Å². The molecular formula is C56H103NO3. The average Bonchev–Trinajstić information content (AvgIpc) is 3.25. The highest BCUT2D eigenvalue weighted by Crippen LogP contribution is 2.15. The SMILES string of the molecule is CCCCCCCCCCC/C=C\C/C=C\CCCCCCCCCCCCCCCC(=O)NC(CO)C(O)/C=C/CC/C=C/CC/C=C/CCCCCCCCCCC. The fourth-order valence-corrected chi connectivity index (χ4v) is 7.89. The Morgan fingerprint density at radius 2 is 0.700 bits per heavy atom. The van der Waals surface area contributed by atoms with E-state index in [9.17, 15) is 15.0 Å². The third-order valence-electron chi connectivity index (χ3n) is 12.0. The monoisotopic (exact) mass is 838 g/mol. The summed E-state index contributed by atoms with van der Waals surface area (Å²) in [6, 6.07) is -0.648. The normalized spacial score (nSPS) is 13.3. The van der Waals surface area contributed by atoms with Crippen LogP contribution in [0.5, 0.6) is 0 Å². The Hall–Kier alpha value is -1.91. The van der Waals surface area contributed by atoms with Crippen molar-refractivity contribution in [3.05, 3.63) is 60.8 Å². The van der Waals surface area contributed by atoms with E-state index >= 15 is 0 Å². The van der Waals surface area contributed by atoms with Gasteiger partial charge in [-0.1, -0.05) is 248 Å². The molecule has 2 atom stereocenters. The number of unbranched alkanes of at least 4 members (excludes halogenated alkanes) is 33. The molecule has 4 heteroatoms. The third kappa shape index (κ3) is 47.1. The highest BCUT2D eigenvalue weighted by molar-refractivity contribution is 5.76. The van der Waals surface area contributed by atoms with E-state index in [1.54, 1.807) is 6.08 Å². The van der Waals surface area contributed by atoms with E-state index in [2.05, 4.69) is 67.8 Å². The minimum absolute atomic E-state index is 0.0782. The van der Waals surface area contributed by atoms with E-state index in [1.807, 2.05) is 6.08 Å². The van der Waals surface area contributed by atoms with Crippen LogP contribution in [0.2, 0.25) is 0 Å². The zero-order chi connectivity index (χ0) is 43.5. The van der Waals surface area contributed by atoms with Gasteiger partial charge in [0, 0.05) is 6.42 Å². The van der Waals surface area contributed by atoms with E-state index in [0.717, 1.165) is 44.9 Å². The van der Waals surface area contributed by atoms with Crippen LogP contribution in [0.4, 0.5) is 0 Å². The van der Waals surface area contributed by atoms with Crippen molar-refractivity contribution in [1.82, 2.24) is 5.32 Å². The molecule has 0 aromatic heterocycles. The molecule has 0 saturated heterocycles. The van der Waals surface area contributed by atoms with Gasteiger partial charge in [0.2, 0.25) is 5.91 Å². The summed E-state index contributed by atoms with van der Waals surface area (Å²) in [4.78, 5) is 12.4. The Morgan fingerprint density at radius 3 is 1.07 bits per heavy atom. The largest absolute Gasteiger partial charge is 0.394 e. The Kier molecular flexibility index (Phi) is 49.8. The number of carbonyl (C=O) groups excluding carboxylic acids is 1. The summed E-state index contributed by atoms with van der Waals surface area (Å²) in [5, 5.41) is 23.1. The van der Waals surface area contributed by atoms with Crippen molar-refractivity contribution in [2.24, 2.45) is 0 Å². The molecule has 0 spiro atoms. The molecule has 0 aromatic carbocycles. The standard InChI is InChI=1S/C56H103NO3/c1-3-5-7-9-11-13-15-17-19-21-23-24-25-26-27-28-29-30-31-32-34-36-38-40-42-44-46-48-50-52-56(60)57-54(53-58)55(59)51-49-47-45-43-41-39-37-35-33-22-20-18-16-14-12-10-8-6-4-2/h23-24,26-27,33,35,41,43,49,51,54-55,58-59H,3-22,25,28-32,34,36-40,42,44-48,50,52-53H2,1-2H3,(H,57,60)/b24-23-,27-26-,35-33+,43-41+,51-49+. The number of aliphatic hydroxyl groups excluding tert-OH is 2. The number of nitrogens with one attached hydrogen (secondary N) is 1. The van der Waals surface area contributed by atoms with Gasteiger partial charge in [-0.15, -0.1) is 0 Å². The van der Waals surface area contributed by atoms with Gasteiger partial charge in [-0.25, -0.2) is 0 Å². The number of hydrogen-bond donors (Lipinski definition) is 3. The number of hydrogen-bond acceptors (Lipinski definition) is 3. The minimum Gasteiger partial charge on any atom is -0.394 e. The predicted octanol–water partition coefficient (Wildman–Crippen LogP) is 17.2. The fourth-order valence-electron chi connectivity index (χ4n) is 7.89. The molecule has 1 amide bonds. The van der Waals surface area contributed by atoms with Crippen LogP contribution in [0, 0.1) is 0 Å². The lowest BCUT2D eigenvalue weighted by Gasteiger charge is -2.19. The van der Waals surface area contributed by atoms with Gasteiger partial charge >= 0.3 is 0 Å². The summed E-state index contributed by atoms with van der Waals surface area (Å²) in [6.45, 7) is 4.30. The molecule has 0 radical (unpaired) electrons. The summed E-state index contributed by atoms with van der Waals surface area (Å²) >= 11 is 0. The maximum Gasteiger partial charge on any atom is 0.220 e. The number of allylic oxidation sites excluding steroid dienone is 9. The topological polar surface area (TPSA) is 69.6 Å². The highest BCUT2D eigenvalue weighted by Gasteiger charge is 2.17. The summed E-state index contributed by atoms with van der Waals surface area (Å²) in [6.07, 6.45) is 72.2. The molecule has 0 aliphatic rings. The van der Waals surface area contributed by atoms with Gasteiger partial charge in [0.05, 0.1) is 18.8 Å². The molecule has 0 saturated carbocycles. The van der Waals surface area contributed by atoms with Crippen molar-refractivity contribution >= 4 is 5.91 Å². The first-order valence-electron chi connectivity index (χ1n) is 26.5. The lowest BCUT2D eigenvalue weighted by Crippen LogP contribution is -2.45. The molecule has 350 valence electrons. The Labute approximate surface area is 375 Å². The molecule has 3 N–H and O–H groups in total. The number of rotatable bonds is 48. The zero-order valence-electron chi connectivity index (χ0n) is 40.2. The molecule has 2 unspecified atom stereocenters. The molecular weight excluding hydrogens is 735 g/mol. The molecule has 4 nitrogen and oxygen atoms in total. The van der Waals surface area contributed by atoms with Gasteiger partial charge in [0.1, 0.15) is 0 Å². The highest BCUT2D eigenvalue weighted by atomic mass is 16.3. The number of carbonyl (C=O) groups is 1. The first-order valence-corrected chi connectivity index (χ1v) is 26.5. The van der Waals surface area contributed by atoms with Crippen LogP contribution in [0.3, 0.4) is 0 Å². The minimum atomic E-state index is -0.872. The van der Waals surface area contributed by atoms with Crippen LogP contribution in [0.25, 0.3) is 0 Å². The van der Waals surface area contributed by atoms with Crippen molar-refractivity contribution in [2.75, 3.05) is 6.61 Å². The van der Waals surface area contributed by atoms with Crippen LogP contribution >= 0.6 is 0 Å². The Morgan fingerprint density at radius 1 is 0.400 bits per heavy atom. The molecule has 0 heterocycles. The maximum atomic E-state index is 12.4. The first-order chi connectivity index (χ1) is 29.7. The molecule has 0 aromatic rings. The summed E-state index contributed by atoms with van der Waals surface area (Å²) in [5.41, 5.74) is 0. The smallest absolute Gasteiger partial charge is 0.220 e. The van der Waals surface area contributed by atoms with Gasteiger partial charge in [-0.05, 0) is 77.0 Å². The Balaban J connectivity index is 3.56. The quantitative estimate of drug-likeness (QED) is 0.0422. The third-order valence-corrected chi connectivity index (χ3v) is 12.0. The summed E-state index contributed by atoms with van der Waals surface area (Å²) < 4.78 is 0. The second kappa shape index (κ2) is 51.4. The van der Waals surface area contributed by atoms with Crippen molar-refractivity contribution in [3.63, 3.8) is 0 Å². The van der Waals surface area contributed by atoms with Crippen molar-refractivity contribution in [2.45, 2.75) is 283 Å². The summed E-state index contributed by atoms with van der Waals surface area (Å²) in [5.74, 6) is -0.0782. The van der Waals surface area contributed by atoms with Crippen LogP contribution in [0.15, 0.2) is 60.8 Å². The molecule has 0 bridgehead atoms. The number of amides is 1. The molecule has 0 fully saturated rings. The molecule has 60 heavy (non-hydrogen) atoms. The van der Waals surface area contributed by atoms with Crippen molar-refractivity contribution in [3.8, 4) is 0 Å². The van der Waals surface area contributed by atoms with E-state index in [0.29, 0.717) is 6.42 Å². The molecule has 0 rings (SSSR count). The molecule has 0 aliphatic carbocycles. The van der Waals surface area contributed by atoms with E-state index < -0.39 is 12.1 Å². The van der Waals surface area contributed by atoms with E-state index in [-0.39, 0.29) is 12.5 Å². The zero-order valence-corrected chi connectivity index (χ0v) is 40.2. The van der Waals surface area contributed by atoms with Crippen LogP contribution in [-0.4, -0.2) is 34.9 Å². The lowest BCUT2D eigenvalue weighted by atomic mass is 10.0. The van der Waals surface area contributed by atoms with Gasteiger partial charge in [0.25, 0.3) is 0 Å². The van der Waals surface area contributed by atoms with Gasteiger partial charge in [-0.2, -0.15) is 0 Å². The van der Waals surface area contributed by atoms with E-state index in [1.165, 1.54) is 205 Å². The van der Waals surface area contributed by atoms with Crippen molar-refractivity contribution in [1.29, 1.82) is 0 Å². The van der Waals surface area contributed by atoms with Gasteiger partial charge in [-0.3, -0.25) is 4.79 Å². The second-order valence-electron chi connectivity index (χ2n) is 17.9. The van der Waals surface area contributed by atoms with Crippen LogP contribution < -0.4 is 5.32 Å². The fraction of sp³-hybridized carbons (Fsp3) is 0.804. The number of aliphatic hydroxyl groups is 2. The predicted molar refractivity (Wildman–Crippen MR) is 267 cm³/mol. The van der Waals surface area contributed by atoms with E-state index in [4.69, 9.17) is 0 Å². The van der Waals surface area contributed by atoms with Gasteiger partial charge < -0.3 is 15.5 Å². The lowest BCUT2D eigenvalue weighted by molar-refractivity contribution is -0.123. The van der Waals surface area contributed by atoms with Crippen LogP contribution in [0.1, 0.15) is 271 Å². The average molecular weight is 838 g/mol. The first kappa shape index (κ1) is 58.1. The Bertz CT molecular complexity index is 996. The molecule has 0 aliphatic heterocycles. The van der Waals surface area contributed by atoms with Crippen LogP contribution in [-0.2, 0) is 4.79 Å².